The van der Waals surface area contributed by atoms with Crippen LogP contribution in [0.2, 0.25) is 0 Å². The van der Waals surface area contributed by atoms with E-state index in [0.29, 0.717) is 42.7 Å². The molecule has 4 rings (SSSR count). The van der Waals surface area contributed by atoms with Gasteiger partial charge in [-0.3, -0.25) is 19.9 Å². The van der Waals surface area contributed by atoms with Gasteiger partial charge in [0.05, 0.1) is 11.9 Å². The number of nitrogens with one attached hydrogen (secondary N) is 3. The zero-order valence-electron chi connectivity index (χ0n) is 15.6. The molecule has 0 unspecified atom stereocenters. The molecule has 0 bridgehead atoms. The van der Waals surface area contributed by atoms with E-state index in [-0.39, 0.29) is 23.4 Å². The Hall–Kier alpha value is -3.69. The Balaban J connectivity index is 1.50. The third-order valence-electron chi connectivity index (χ3n) is 5.12. The number of benzene rings is 1. The molecule has 5 N–H and O–H groups in total. The van der Waals surface area contributed by atoms with Crippen molar-refractivity contribution in [3.8, 4) is 5.69 Å². The number of amides is 3. The van der Waals surface area contributed by atoms with Gasteiger partial charge >= 0.3 is 6.03 Å². The molecule has 1 aliphatic carbocycles. The Morgan fingerprint density at radius 3 is 2.55 bits per heavy atom. The number of aromatic amines is 1. The van der Waals surface area contributed by atoms with Crippen molar-refractivity contribution >= 4 is 28.9 Å². The zero-order valence-corrected chi connectivity index (χ0v) is 15.6. The summed E-state index contributed by atoms with van der Waals surface area (Å²) in [6.45, 7) is 0. The highest BCUT2D eigenvalue weighted by atomic mass is 16.2. The van der Waals surface area contributed by atoms with Crippen molar-refractivity contribution in [2.75, 3.05) is 5.32 Å². The average molecular weight is 395 g/mol. The predicted octanol–water partition coefficient (Wildman–Crippen LogP) is 1.27. The lowest BCUT2D eigenvalue weighted by Gasteiger charge is -2.28. The zero-order chi connectivity index (χ0) is 20.4. The third kappa shape index (κ3) is 3.96. The summed E-state index contributed by atoms with van der Waals surface area (Å²) in [6, 6.07) is 8.69. The number of anilines is 1. The normalized spacial score (nSPS) is 19.0. The van der Waals surface area contributed by atoms with Crippen LogP contribution in [0.1, 0.15) is 25.7 Å². The molecule has 1 aliphatic rings. The van der Waals surface area contributed by atoms with E-state index < -0.39 is 6.03 Å². The molecule has 150 valence electrons. The highest BCUT2D eigenvalue weighted by Gasteiger charge is 2.27. The summed E-state index contributed by atoms with van der Waals surface area (Å²) < 4.78 is 1.63. The van der Waals surface area contributed by atoms with Crippen LogP contribution in [0.25, 0.3) is 16.7 Å². The van der Waals surface area contributed by atoms with Gasteiger partial charge in [0, 0.05) is 12.0 Å². The number of carbonyl (C=O) groups excluding carboxylic acids is 2. The maximum atomic E-state index is 12.4. The van der Waals surface area contributed by atoms with Crippen molar-refractivity contribution in [3.63, 3.8) is 0 Å². The number of carbonyl (C=O) groups is 2. The molecule has 2 aromatic heterocycles. The van der Waals surface area contributed by atoms with Crippen molar-refractivity contribution in [1.82, 2.24) is 25.1 Å². The molecule has 1 aromatic carbocycles. The summed E-state index contributed by atoms with van der Waals surface area (Å²) >= 11 is 0. The molecule has 10 heteroatoms. The van der Waals surface area contributed by atoms with Gasteiger partial charge in [0.15, 0.2) is 5.65 Å². The molecule has 0 spiro atoms. The Kier molecular flexibility index (Phi) is 4.98. The van der Waals surface area contributed by atoms with E-state index in [4.69, 9.17) is 5.73 Å². The monoisotopic (exact) mass is 395 g/mol. The van der Waals surface area contributed by atoms with Crippen LogP contribution >= 0.6 is 0 Å². The van der Waals surface area contributed by atoms with Crippen LogP contribution in [-0.4, -0.2) is 37.7 Å². The van der Waals surface area contributed by atoms with Gasteiger partial charge in [-0.15, -0.1) is 0 Å². The number of hydrogen-bond donors (Lipinski definition) is 4. The van der Waals surface area contributed by atoms with E-state index in [1.165, 1.54) is 6.20 Å². The van der Waals surface area contributed by atoms with Gasteiger partial charge in [-0.2, -0.15) is 10.1 Å². The van der Waals surface area contributed by atoms with Crippen molar-refractivity contribution < 1.29 is 9.59 Å². The number of H-pyrrole nitrogens is 1. The van der Waals surface area contributed by atoms with Crippen LogP contribution in [0.5, 0.6) is 0 Å². The largest absolute Gasteiger partial charge is 0.353 e. The minimum absolute atomic E-state index is 0.0568. The first-order chi connectivity index (χ1) is 14.0. The Labute approximate surface area is 165 Å². The standard InChI is InChI=1S/C19H21N7O3/c20-18(29)24-16(27)11-6-8-12(9-7-11)22-19-23-15-14(17(28)25-19)10-21-26(15)13-4-2-1-3-5-13/h1-5,10-12H,6-9H2,(H3,20,24,27,29)(H2,22,23,25,28). The number of nitrogens with two attached hydrogens (primary N) is 1. The molecule has 0 saturated heterocycles. The fraction of sp³-hybridized carbons (Fsp3) is 0.316. The number of aromatic nitrogens is 4. The van der Waals surface area contributed by atoms with Crippen LogP contribution in [0.4, 0.5) is 10.7 Å². The van der Waals surface area contributed by atoms with E-state index in [1.807, 2.05) is 30.3 Å². The molecule has 3 amide bonds. The number of hydrogen-bond acceptors (Lipinski definition) is 6. The van der Waals surface area contributed by atoms with Gasteiger partial charge in [-0.25, -0.2) is 9.48 Å². The summed E-state index contributed by atoms with van der Waals surface area (Å²) in [5.41, 5.74) is 6.01. The maximum Gasteiger partial charge on any atom is 0.318 e. The topological polar surface area (TPSA) is 148 Å². The Morgan fingerprint density at radius 2 is 1.86 bits per heavy atom. The van der Waals surface area contributed by atoms with Gasteiger partial charge in [0.2, 0.25) is 11.9 Å². The summed E-state index contributed by atoms with van der Waals surface area (Å²) in [5, 5.41) is 10.1. The quantitative estimate of drug-likeness (QED) is 0.523. The minimum atomic E-state index is -0.833. The Bertz CT molecular complexity index is 1100. The van der Waals surface area contributed by atoms with Crippen molar-refractivity contribution in [2.24, 2.45) is 11.7 Å². The second-order valence-corrected chi connectivity index (χ2v) is 7.09. The number of para-hydroxylation sites is 1. The lowest BCUT2D eigenvalue weighted by molar-refractivity contribution is -0.124. The number of primary amides is 1. The van der Waals surface area contributed by atoms with Crippen molar-refractivity contribution in [3.05, 3.63) is 46.9 Å². The first-order valence-corrected chi connectivity index (χ1v) is 9.41. The molecular weight excluding hydrogens is 374 g/mol. The molecule has 3 aromatic rings. The van der Waals surface area contributed by atoms with E-state index in [1.54, 1.807) is 4.68 Å². The fourth-order valence-corrected chi connectivity index (χ4v) is 3.66. The summed E-state index contributed by atoms with van der Waals surface area (Å²) in [4.78, 5) is 42.5. The lowest BCUT2D eigenvalue weighted by Crippen LogP contribution is -2.41. The van der Waals surface area contributed by atoms with Crippen LogP contribution in [0.3, 0.4) is 0 Å². The maximum absolute atomic E-state index is 12.4. The molecular formula is C19H21N7O3. The minimum Gasteiger partial charge on any atom is -0.353 e. The van der Waals surface area contributed by atoms with Gasteiger partial charge in [-0.1, -0.05) is 18.2 Å². The predicted molar refractivity (Wildman–Crippen MR) is 107 cm³/mol. The molecule has 29 heavy (non-hydrogen) atoms. The first-order valence-electron chi connectivity index (χ1n) is 9.41. The summed E-state index contributed by atoms with van der Waals surface area (Å²) in [5.74, 6) is -0.213. The van der Waals surface area contributed by atoms with E-state index in [9.17, 15) is 14.4 Å². The second-order valence-electron chi connectivity index (χ2n) is 7.09. The fourth-order valence-electron chi connectivity index (χ4n) is 3.66. The Morgan fingerprint density at radius 1 is 1.14 bits per heavy atom. The van der Waals surface area contributed by atoms with Gasteiger partial charge < -0.3 is 11.1 Å². The van der Waals surface area contributed by atoms with E-state index in [2.05, 4.69) is 25.7 Å². The second kappa shape index (κ2) is 7.74. The third-order valence-corrected chi connectivity index (χ3v) is 5.12. The SMILES string of the molecule is NC(=O)NC(=O)C1CCC(Nc2nc3c(cnn3-c3ccccc3)c(=O)[nH]2)CC1. The van der Waals surface area contributed by atoms with Crippen LogP contribution < -0.4 is 21.9 Å². The smallest absolute Gasteiger partial charge is 0.318 e. The molecule has 1 fully saturated rings. The highest BCUT2D eigenvalue weighted by molar-refractivity contribution is 5.94. The first kappa shape index (κ1) is 18.7. The van der Waals surface area contributed by atoms with Crippen molar-refractivity contribution in [2.45, 2.75) is 31.7 Å². The van der Waals surface area contributed by atoms with Crippen LogP contribution in [0, 0.1) is 5.92 Å². The van der Waals surface area contributed by atoms with Crippen LogP contribution in [-0.2, 0) is 4.79 Å². The molecule has 0 radical (unpaired) electrons. The number of imide groups is 1. The lowest BCUT2D eigenvalue weighted by atomic mass is 9.85. The number of nitrogens with zero attached hydrogens (tertiary/aromatic N) is 3. The van der Waals surface area contributed by atoms with Crippen molar-refractivity contribution in [1.29, 1.82) is 0 Å². The molecule has 2 heterocycles. The average Bonchev–Trinajstić information content (AvgIpc) is 3.13. The number of rotatable bonds is 4. The van der Waals surface area contributed by atoms with E-state index in [0.717, 1.165) is 5.69 Å². The highest BCUT2D eigenvalue weighted by Crippen LogP contribution is 2.26. The number of fused-ring (bicyclic) bond motifs is 1. The van der Waals surface area contributed by atoms with E-state index >= 15 is 0 Å². The molecule has 10 nitrogen and oxygen atoms in total. The molecule has 0 aliphatic heterocycles. The van der Waals surface area contributed by atoms with Gasteiger partial charge in [-0.05, 0) is 37.8 Å². The van der Waals surface area contributed by atoms with Crippen LogP contribution in [0.15, 0.2) is 41.3 Å². The molecule has 1 saturated carbocycles. The molecule has 0 atom stereocenters. The van der Waals surface area contributed by atoms with Gasteiger partial charge in [0.1, 0.15) is 5.39 Å². The summed E-state index contributed by atoms with van der Waals surface area (Å²) in [6.07, 6.45) is 4.14. The van der Waals surface area contributed by atoms with Gasteiger partial charge in [0.25, 0.3) is 5.56 Å². The number of urea groups is 1. The summed E-state index contributed by atoms with van der Waals surface area (Å²) in [7, 11) is 0.